The molecule has 0 atom stereocenters. The summed E-state index contributed by atoms with van der Waals surface area (Å²) in [5.74, 6) is 0. The van der Waals surface area contributed by atoms with E-state index in [4.69, 9.17) is 13.3 Å². The molecule has 21 rings (SSSR count). The first-order valence-electron chi connectivity index (χ1n) is 45.9. The number of rotatable bonds is 31. The highest BCUT2D eigenvalue weighted by Gasteiger charge is 2.56. The number of furan rings is 3. The Hall–Kier alpha value is -11.7. The van der Waals surface area contributed by atoms with Gasteiger partial charge in [-0.15, -0.1) is 0 Å². The van der Waals surface area contributed by atoms with Crippen LogP contribution in [0.3, 0.4) is 0 Å². The van der Waals surface area contributed by atoms with Gasteiger partial charge in [0.15, 0.2) is 0 Å². The van der Waals surface area contributed by atoms with Gasteiger partial charge in [0.05, 0.1) is 10.8 Å². The molecule has 120 heavy (non-hydrogen) atoms. The SMILES string of the molecule is CCCCCCCC1(CCCCCCC)c2cc(N(c3ccc4c(c3)C(c3ccccc3)(c3ccccc3)c3cc5c(cc3-4)C(c3ccccc3)(c3ccccc3)c3ccc4oc6ccccc6c4c3-5)c3ccc4c(c3)oc3ccccc34)ccc2-c2c1c1c(c3c2oc2ccccc23)-c2ccccc2C1(CCCCCCC)CCCCCCC. The van der Waals surface area contributed by atoms with Gasteiger partial charge >= 0.3 is 0 Å². The Morgan fingerprint density at radius 1 is 0.233 bits per heavy atom. The maximum Gasteiger partial charge on any atom is 0.144 e. The molecule has 3 heterocycles. The van der Waals surface area contributed by atoms with Gasteiger partial charge in [-0.1, -0.05) is 375 Å². The van der Waals surface area contributed by atoms with Crippen molar-refractivity contribution in [2.24, 2.45) is 0 Å². The quantitative estimate of drug-likeness (QED) is 0.0406. The molecule has 4 nitrogen and oxygen atoms in total. The average Bonchev–Trinajstić information content (AvgIpc) is 1.50. The van der Waals surface area contributed by atoms with E-state index in [1.807, 2.05) is 0 Å². The van der Waals surface area contributed by atoms with Crippen LogP contribution < -0.4 is 4.90 Å². The first kappa shape index (κ1) is 75.7. The molecule has 4 heteroatoms. The molecule has 0 spiro atoms. The van der Waals surface area contributed by atoms with Crippen molar-refractivity contribution < 1.29 is 13.3 Å². The zero-order chi connectivity index (χ0) is 80.5. The lowest BCUT2D eigenvalue weighted by molar-refractivity contribution is 0.369. The van der Waals surface area contributed by atoms with Gasteiger partial charge in [0.2, 0.25) is 0 Å². The van der Waals surface area contributed by atoms with E-state index < -0.39 is 10.8 Å². The fraction of sp³-hybridized carbons (Fsp3) is 0.276. The molecular weight excluding hydrogens is 1460 g/mol. The van der Waals surface area contributed by atoms with Crippen LogP contribution in [0.25, 0.3) is 110 Å². The molecule has 0 bridgehead atoms. The van der Waals surface area contributed by atoms with E-state index in [2.05, 4.69) is 330 Å². The van der Waals surface area contributed by atoms with E-state index in [1.54, 1.807) is 16.7 Å². The Balaban J connectivity index is 0.847. The van der Waals surface area contributed by atoms with Gasteiger partial charge in [0.25, 0.3) is 0 Å². The third kappa shape index (κ3) is 11.8. The number of anilines is 3. The van der Waals surface area contributed by atoms with Crippen molar-refractivity contribution in [3.05, 3.63) is 364 Å². The van der Waals surface area contributed by atoms with Crippen LogP contribution in [-0.2, 0) is 21.7 Å². The number of hydrogen-bond acceptors (Lipinski definition) is 4. The maximum absolute atomic E-state index is 7.77. The molecule has 0 radical (unpaired) electrons. The molecule has 4 aliphatic rings. The molecule has 0 saturated heterocycles. The molecule has 3 aromatic heterocycles. The molecule has 0 aliphatic heterocycles. The summed E-state index contributed by atoms with van der Waals surface area (Å²) in [7, 11) is 0. The summed E-state index contributed by atoms with van der Waals surface area (Å²) >= 11 is 0. The van der Waals surface area contributed by atoms with Crippen molar-refractivity contribution >= 4 is 82.9 Å². The summed E-state index contributed by atoms with van der Waals surface area (Å²) in [6, 6.07) is 114. The van der Waals surface area contributed by atoms with E-state index >= 15 is 0 Å². The summed E-state index contributed by atoms with van der Waals surface area (Å²) < 4.78 is 21.8. The lowest BCUT2D eigenvalue weighted by atomic mass is 9.62. The monoisotopic (exact) mass is 1560 g/mol. The number of unbranched alkanes of at least 4 members (excludes halogenated alkanes) is 16. The lowest BCUT2D eigenvalue weighted by Gasteiger charge is -2.40. The Labute approximate surface area is 708 Å². The van der Waals surface area contributed by atoms with Crippen LogP contribution in [0.1, 0.15) is 249 Å². The van der Waals surface area contributed by atoms with Crippen LogP contribution in [0.15, 0.2) is 311 Å². The van der Waals surface area contributed by atoms with Gasteiger partial charge in [-0.2, -0.15) is 0 Å². The molecular formula is C116H109NO3. The van der Waals surface area contributed by atoms with E-state index in [0.29, 0.717) is 0 Å². The predicted molar refractivity (Wildman–Crippen MR) is 504 cm³/mol. The highest BCUT2D eigenvalue weighted by Crippen LogP contribution is 2.70. The van der Waals surface area contributed by atoms with Gasteiger partial charge in [-0.05, 0) is 204 Å². The second-order valence-corrected chi connectivity index (χ2v) is 35.6. The van der Waals surface area contributed by atoms with Crippen molar-refractivity contribution in [3.63, 3.8) is 0 Å². The molecule has 14 aromatic carbocycles. The average molecular weight is 1570 g/mol. The highest BCUT2D eigenvalue weighted by molar-refractivity contribution is 6.21. The second kappa shape index (κ2) is 31.5. The fourth-order valence-electron chi connectivity index (χ4n) is 23.7. The van der Waals surface area contributed by atoms with Crippen molar-refractivity contribution in [1.82, 2.24) is 0 Å². The third-order valence-corrected chi connectivity index (χ3v) is 29.0. The topological polar surface area (TPSA) is 42.7 Å². The van der Waals surface area contributed by atoms with E-state index in [1.165, 1.54) is 221 Å². The van der Waals surface area contributed by atoms with Gasteiger partial charge < -0.3 is 18.2 Å². The van der Waals surface area contributed by atoms with Crippen LogP contribution in [0.2, 0.25) is 0 Å². The van der Waals surface area contributed by atoms with Gasteiger partial charge in [-0.25, -0.2) is 0 Å². The molecule has 0 saturated carbocycles. The number of benzene rings is 14. The normalized spacial score (nSPS) is 14.6. The predicted octanol–water partition coefficient (Wildman–Crippen LogP) is 33.6. The second-order valence-electron chi connectivity index (χ2n) is 35.6. The molecule has 0 unspecified atom stereocenters. The number of hydrogen-bond donors (Lipinski definition) is 0. The van der Waals surface area contributed by atoms with E-state index in [0.717, 1.165) is 111 Å². The smallest absolute Gasteiger partial charge is 0.144 e. The molecule has 0 N–H and O–H groups in total. The van der Waals surface area contributed by atoms with Crippen LogP contribution in [0.4, 0.5) is 17.1 Å². The Kier molecular flexibility index (Phi) is 19.8. The molecule has 4 aliphatic carbocycles. The number of fused-ring (bicyclic) bond motifs is 25. The third-order valence-electron chi connectivity index (χ3n) is 29.0. The summed E-state index contributed by atoms with van der Waals surface area (Å²) in [6.07, 6.45) is 29.0. The number of para-hydroxylation sites is 3. The lowest BCUT2D eigenvalue weighted by Crippen LogP contribution is -2.33. The minimum absolute atomic E-state index is 0.199. The summed E-state index contributed by atoms with van der Waals surface area (Å²) in [4.78, 5) is 2.63. The van der Waals surface area contributed by atoms with Gasteiger partial charge in [0, 0.05) is 71.8 Å². The van der Waals surface area contributed by atoms with Crippen LogP contribution in [-0.4, -0.2) is 0 Å². The minimum atomic E-state index is -0.817. The summed E-state index contributed by atoms with van der Waals surface area (Å²) in [5, 5.41) is 7.05. The van der Waals surface area contributed by atoms with Crippen molar-refractivity contribution in [3.8, 4) is 44.5 Å². The Morgan fingerprint density at radius 3 is 1.19 bits per heavy atom. The molecule has 0 fully saturated rings. The first-order valence-corrected chi connectivity index (χ1v) is 45.9. The minimum Gasteiger partial charge on any atom is -0.456 e. The van der Waals surface area contributed by atoms with Crippen molar-refractivity contribution in [1.29, 1.82) is 0 Å². The standard InChI is InChI=1S/C116H109NO3/c1-5-9-13-17-41-69-113(70-42-18-14-10-6-2)94-57-37-33-54-88(94)107-108-91-56-36-40-60-102(91)120-112(108)109-89-66-63-82(73-96(89)114(111(109)110(107)113,71-43-19-15-11-7-3)72-44-20-16-12-8-4)117(84-62-65-87-86-53-34-38-58-100(86)119-104(87)75-84)83-61-64-85-92-76-99-93(77-98(92)116(97(85)74-83,80-49-29-23-30-50-80)81-51-31-24-32-52-81)105-95(67-68-103-106(105)90-55-35-39-59-101(90)118-103)115(99,78-45-25-21-26-46-78)79-47-27-22-28-48-79/h21-40,45-68,73-77H,5-20,41-44,69-72H2,1-4H3. The van der Waals surface area contributed by atoms with Gasteiger partial charge in [-0.3, -0.25) is 0 Å². The van der Waals surface area contributed by atoms with Gasteiger partial charge in [0.1, 0.15) is 33.5 Å². The van der Waals surface area contributed by atoms with Crippen LogP contribution in [0.5, 0.6) is 0 Å². The van der Waals surface area contributed by atoms with Crippen LogP contribution >= 0.6 is 0 Å². The molecule has 596 valence electrons. The Bertz CT molecular complexity index is 6580. The van der Waals surface area contributed by atoms with Crippen molar-refractivity contribution in [2.45, 2.75) is 203 Å². The zero-order valence-electron chi connectivity index (χ0n) is 70.4. The highest BCUT2D eigenvalue weighted by atomic mass is 16.3. The Morgan fingerprint density at radius 2 is 0.625 bits per heavy atom. The fourth-order valence-corrected chi connectivity index (χ4v) is 23.7. The zero-order valence-corrected chi connectivity index (χ0v) is 70.4. The molecule has 17 aromatic rings. The van der Waals surface area contributed by atoms with Crippen LogP contribution in [0, 0.1) is 0 Å². The maximum atomic E-state index is 7.77. The number of nitrogens with zero attached hydrogens (tertiary/aromatic N) is 1. The van der Waals surface area contributed by atoms with Crippen molar-refractivity contribution in [2.75, 3.05) is 4.90 Å². The largest absolute Gasteiger partial charge is 0.456 e. The molecule has 0 amide bonds. The summed E-state index contributed by atoms with van der Waals surface area (Å²) in [5.41, 5.74) is 33.5. The summed E-state index contributed by atoms with van der Waals surface area (Å²) in [6.45, 7) is 9.49. The first-order chi connectivity index (χ1) is 59.4. The van der Waals surface area contributed by atoms with E-state index in [9.17, 15) is 0 Å². The van der Waals surface area contributed by atoms with E-state index in [-0.39, 0.29) is 10.8 Å².